The number of esters is 1. The van der Waals surface area contributed by atoms with E-state index in [-0.39, 0.29) is 5.69 Å². The van der Waals surface area contributed by atoms with Crippen LogP contribution < -0.4 is 0 Å². The average Bonchev–Trinajstić information content (AvgIpc) is 2.86. The van der Waals surface area contributed by atoms with Crippen molar-refractivity contribution in [1.29, 1.82) is 0 Å². The second-order valence-corrected chi connectivity index (χ2v) is 5.29. The number of aryl methyl sites for hydroxylation is 1. The molecule has 1 heterocycles. The number of hydrogen-bond donors (Lipinski definition) is 0. The highest BCUT2D eigenvalue weighted by Gasteiger charge is 2.16. The summed E-state index contributed by atoms with van der Waals surface area (Å²) < 4.78 is 10.8. The van der Waals surface area contributed by atoms with Gasteiger partial charge in [-0.2, -0.15) is 0 Å². The minimum Gasteiger partial charge on any atom is -0.466 e. The second-order valence-electron chi connectivity index (χ2n) is 4.44. The molecule has 0 aliphatic rings. The lowest BCUT2D eigenvalue weighted by Crippen LogP contribution is -1.92. The Kier molecular flexibility index (Phi) is 4.77. The van der Waals surface area contributed by atoms with Crippen LogP contribution in [0.4, 0.5) is 5.69 Å². The van der Waals surface area contributed by atoms with Gasteiger partial charge in [0.2, 0.25) is 0 Å². The van der Waals surface area contributed by atoms with E-state index in [1.54, 1.807) is 12.1 Å². The van der Waals surface area contributed by atoms with E-state index in [0.717, 1.165) is 5.56 Å². The van der Waals surface area contributed by atoms with Gasteiger partial charge in [0.15, 0.2) is 0 Å². The molecular weight excluding hydrogens is 354 g/mol. The Morgan fingerprint density at radius 2 is 2.14 bits per heavy atom. The summed E-state index contributed by atoms with van der Waals surface area (Å²) in [7, 11) is 1.28. The van der Waals surface area contributed by atoms with Crippen molar-refractivity contribution < 1.29 is 18.9 Å². The number of halogens is 1. The molecule has 0 aliphatic heterocycles. The molecule has 0 unspecified atom stereocenters. The fraction of sp³-hybridized carbons (Fsp3) is 0.133. The number of carbonyl (C=O) groups excluding carboxylic acids is 1. The summed E-state index contributed by atoms with van der Waals surface area (Å²) in [6.45, 7) is 1.83. The molecule has 0 fully saturated rings. The van der Waals surface area contributed by atoms with E-state index in [1.807, 2.05) is 6.92 Å². The summed E-state index contributed by atoms with van der Waals surface area (Å²) in [5.41, 5.74) is 1.43. The zero-order valence-electron chi connectivity index (χ0n) is 11.8. The fourth-order valence-corrected chi connectivity index (χ4v) is 2.36. The van der Waals surface area contributed by atoms with Crippen molar-refractivity contribution in [2.75, 3.05) is 7.11 Å². The monoisotopic (exact) mass is 365 g/mol. The molecule has 0 spiro atoms. The number of furan rings is 1. The molecule has 22 heavy (non-hydrogen) atoms. The van der Waals surface area contributed by atoms with Crippen LogP contribution in [0.3, 0.4) is 0 Å². The molecule has 2 rings (SSSR count). The predicted octanol–water partition coefficient (Wildman–Crippen LogP) is 4.11. The molecule has 0 aliphatic carbocycles. The minimum absolute atomic E-state index is 0.0180. The number of nitro groups is 1. The second kappa shape index (κ2) is 6.57. The van der Waals surface area contributed by atoms with Crippen LogP contribution in [0.25, 0.3) is 17.4 Å². The number of ether oxygens (including phenoxy) is 1. The summed E-state index contributed by atoms with van der Waals surface area (Å²) in [6.07, 6.45) is 2.70. The highest BCUT2D eigenvalue weighted by Crippen LogP contribution is 2.35. The molecule has 0 atom stereocenters. The molecule has 7 heteroatoms. The molecule has 6 nitrogen and oxygen atoms in total. The zero-order chi connectivity index (χ0) is 16.3. The van der Waals surface area contributed by atoms with E-state index >= 15 is 0 Å². The molecule has 2 aromatic rings. The van der Waals surface area contributed by atoms with Gasteiger partial charge in [0.25, 0.3) is 5.69 Å². The van der Waals surface area contributed by atoms with Gasteiger partial charge in [-0.05, 0) is 40.6 Å². The van der Waals surface area contributed by atoms with Gasteiger partial charge in [-0.3, -0.25) is 10.1 Å². The summed E-state index contributed by atoms with van der Waals surface area (Å²) in [4.78, 5) is 21.5. The molecule has 0 saturated heterocycles. The number of carbonyl (C=O) groups is 1. The number of methoxy groups -OCH3 is 1. The zero-order valence-corrected chi connectivity index (χ0v) is 13.4. The Labute approximate surface area is 134 Å². The van der Waals surface area contributed by atoms with Crippen molar-refractivity contribution in [2.24, 2.45) is 0 Å². The van der Waals surface area contributed by atoms with E-state index in [9.17, 15) is 14.9 Å². The molecular formula is C15H12BrNO5. The summed E-state index contributed by atoms with van der Waals surface area (Å²) >= 11 is 3.36. The molecule has 0 saturated carbocycles. The number of nitro benzene ring substituents is 1. The van der Waals surface area contributed by atoms with Crippen molar-refractivity contribution in [3.05, 3.63) is 56.3 Å². The number of rotatable bonds is 4. The SMILES string of the molecule is COC(=O)/C=C/c1cc(Br)c(-c2cc([N+](=O)[O-])ccc2C)o1. The Bertz CT molecular complexity index is 763. The maximum absolute atomic E-state index is 11.1. The topological polar surface area (TPSA) is 82.6 Å². The average molecular weight is 366 g/mol. The fourth-order valence-electron chi connectivity index (χ4n) is 1.84. The third kappa shape index (κ3) is 3.43. The number of nitrogens with zero attached hydrogens (tertiary/aromatic N) is 1. The molecule has 1 aromatic heterocycles. The van der Waals surface area contributed by atoms with Crippen molar-refractivity contribution in [1.82, 2.24) is 0 Å². The van der Waals surface area contributed by atoms with Crippen LogP contribution in [-0.4, -0.2) is 18.0 Å². The van der Waals surface area contributed by atoms with Crippen LogP contribution in [-0.2, 0) is 9.53 Å². The van der Waals surface area contributed by atoms with Crippen molar-refractivity contribution in [3.63, 3.8) is 0 Å². The minimum atomic E-state index is -0.499. The lowest BCUT2D eigenvalue weighted by molar-refractivity contribution is -0.384. The van der Waals surface area contributed by atoms with Gasteiger partial charge in [0.05, 0.1) is 16.5 Å². The van der Waals surface area contributed by atoms with Crippen LogP contribution in [0.5, 0.6) is 0 Å². The first-order valence-electron chi connectivity index (χ1n) is 6.23. The van der Waals surface area contributed by atoms with Crippen LogP contribution in [0.2, 0.25) is 0 Å². The lowest BCUT2D eigenvalue weighted by Gasteiger charge is -2.03. The third-order valence-electron chi connectivity index (χ3n) is 2.97. The first-order valence-corrected chi connectivity index (χ1v) is 7.02. The Balaban J connectivity index is 2.43. The smallest absolute Gasteiger partial charge is 0.330 e. The quantitative estimate of drug-likeness (QED) is 0.352. The van der Waals surface area contributed by atoms with Gasteiger partial charge >= 0.3 is 5.97 Å². The molecule has 0 bridgehead atoms. The maximum atomic E-state index is 11.1. The Hall–Kier alpha value is -2.41. The summed E-state index contributed by atoms with van der Waals surface area (Å²) in [6, 6.07) is 6.22. The van der Waals surface area contributed by atoms with E-state index in [0.29, 0.717) is 21.6 Å². The molecule has 0 amide bonds. The van der Waals surface area contributed by atoms with Gasteiger partial charge in [-0.15, -0.1) is 0 Å². The molecule has 0 N–H and O–H groups in total. The van der Waals surface area contributed by atoms with E-state index in [2.05, 4.69) is 20.7 Å². The van der Waals surface area contributed by atoms with Crippen molar-refractivity contribution in [2.45, 2.75) is 6.92 Å². The Morgan fingerprint density at radius 3 is 2.77 bits per heavy atom. The standard InChI is InChI=1S/C15H12BrNO5/c1-9-3-4-10(17(19)20)7-12(9)15-13(16)8-11(22-15)5-6-14(18)21-2/h3-8H,1-2H3/b6-5+. The predicted molar refractivity (Wildman–Crippen MR) is 84.3 cm³/mol. The van der Waals surface area contributed by atoms with E-state index < -0.39 is 10.9 Å². The van der Waals surface area contributed by atoms with Gasteiger partial charge in [0.1, 0.15) is 11.5 Å². The Morgan fingerprint density at radius 1 is 1.41 bits per heavy atom. The van der Waals surface area contributed by atoms with E-state index in [1.165, 1.54) is 31.4 Å². The summed E-state index contributed by atoms with van der Waals surface area (Å²) in [5.74, 6) is 0.393. The highest BCUT2D eigenvalue weighted by molar-refractivity contribution is 9.10. The molecule has 1 aromatic carbocycles. The van der Waals surface area contributed by atoms with Crippen LogP contribution in [0.1, 0.15) is 11.3 Å². The van der Waals surface area contributed by atoms with Gasteiger partial charge < -0.3 is 9.15 Å². The normalized spacial score (nSPS) is 10.9. The van der Waals surface area contributed by atoms with Gasteiger partial charge in [-0.1, -0.05) is 6.07 Å². The van der Waals surface area contributed by atoms with Crippen LogP contribution in [0, 0.1) is 17.0 Å². The number of hydrogen-bond acceptors (Lipinski definition) is 5. The van der Waals surface area contributed by atoms with Gasteiger partial charge in [-0.25, -0.2) is 4.79 Å². The first kappa shape index (κ1) is 16.0. The summed E-state index contributed by atoms with van der Waals surface area (Å²) in [5, 5.41) is 10.9. The first-order chi connectivity index (χ1) is 10.4. The number of benzene rings is 1. The van der Waals surface area contributed by atoms with Crippen LogP contribution >= 0.6 is 15.9 Å². The largest absolute Gasteiger partial charge is 0.466 e. The molecule has 114 valence electrons. The third-order valence-corrected chi connectivity index (χ3v) is 3.56. The lowest BCUT2D eigenvalue weighted by atomic mass is 10.1. The van der Waals surface area contributed by atoms with E-state index in [4.69, 9.17) is 4.42 Å². The van der Waals surface area contributed by atoms with Gasteiger partial charge in [0, 0.05) is 23.8 Å². The van der Waals surface area contributed by atoms with Crippen molar-refractivity contribution in [3.8, 4) is 11.3 Å². The number of non-ortho nitro benzene ring substituents is 1. The van der Waals surface area contributed by atoms with Crippen LogP contribution in [0.15, 0.2) is 39.2 Å². The highest BCUT2D eigenvalue weighted by atomic mass is 79.9. The van der Waals surface area contributed by atoms with Crippen molar-refractivity contribution >= 4 is 33.7 Å². The maximum Gasteiger partial charge on any atom is 0.330 e. The molecule has 0 radical (unpaired) electrons.